The molecule has 3 heterocycles. The maximum atomic E-state index is 9.34. The third kappa shape index (κ3) is 2.89. The van der Waals surface area contributed by atoms with Gasteiger partial charge in [0.25, 0.3) is 0 Å². The molecule has 120 valence electrons. The van der Waals surface area contributed by atoms with Gasteiger partial charge >= 0.3 is 0 Å². The molecule has 0 bridgehead atoms. The molecule has 5 nitrogen and oxygen atoms in total. The normalized spacial score (nSPS) is 11.0. The van der Waals surface area contributed by atoms with Crippen molar-refractivity contribution in [3.63, 3.8) is 0 Å². The molecule has 0 aliphatic rings. The van der Waals surface area contributed by atoms with Crippen molar-refractivity contribution in [2.45, 2.75) is 13.2 Å². The zero-order valence-electron chi connectivity index (χ0n) is 12.8. The van der Waals surface area contributed by atoms with Crippen LogP contribution in [0.4, 0.5) is 5.69 Å². The summed E-state index contributed by atoms with van der Waals surface area (Å²) in [7, 11) is 0. The molecule has 0 aliphatic heterocycles. The third-order valence-electron chi connectivity index (χ3n) is 3.70. The quantitative estimate of drug-likeness (QED) is 0.575. The molecule has 4 rings (SSSR count). The van der Waals surface area contributed by atoms with E-state index in [0.717, 1.165) is 38.0 Å². The van der Waals surface area contributed by atoms with Gasteiger partial charge in [0.1, 0.15) is 5.76 Å². The molecule has 6 heteroatoms. The lowest BCUT2D eigenvalue weighted by Crippen LogP contribution is -2.02. The van der Waals surface area contributed by atoms with E-state index in [4.69, 9.17) is 4.42 Å². The second kappa shape index (κ2) is 6.43. The molecule has 0 amide bonds. The summed E-state index contributed by atoms with van der Waals surface area (Å²) in [5, 5.41) is 13.5. The van der Waals surface area contributed by atoms with Crippen molar-refractivity contribution in [1.82, 2.24) is 9.97 Å². The van der Waals surface area contributed by atoms with Crippen LogP contribution >= 0.6 is 11.3 Å². The van der Waals surface area contributed by atoms with E-state index in [9.17, 15) is 5.11 Å². The third-order valence-corrected chi connectivity index (χ3v) is 4.75. The lowest BCUT2D eigenvalue weighted by molar-refractivity contribution is 0.282. The van der Waals surface area contributed by atoms with E-state index in [1.54, 1.807) is 29.8 Å². The van der Waals surface area contributed by atoms with Crippen LogP contribution in [-0.2, 0) is 13.2 Å². The number of aromatic nitrogens is 2. The van der Waals surface area contributed by atoms with Gasteiger partial charge in [-0.3, -0.25) is 4.98 Å². The van der Waals surface area contributed by atoms with Crippen LogP contribution in [0.15, 0.2) is 59.3 Å². The first-order chi connectivity index (χ1) is 11.8. The van der Waals surface area contributed by atoms with Gasteiger partial charge in [0.2, 0.25) is 0 Å². The molecule has 0 radical (unpaired) electrons. The van der Waals surface area contributed by atoms with Crippen LogP contribution in [0.25, 0.3) is 21.0 Å². The topological polar surface area (TPSA) is 71.2 Å². The number of furan rings is 1. The highest BCUT2D eigenvalue weighted by atomic mass is 32.1. The number of rotatable bonds is 5. The van der Waals surface area contributed by atoms with Crippen LogP contribution < -0.4 is 5.32 Å². The smallest absolute Gasteiger partial charge is 0.163 e. The van der Waals surface area contributed by atoms with Crippen LogP contribution in [0.1, 0.15) is 11.3 Å². The maximum absolute atomic E-state index is 9.34. The average molecular weight is 337 g/mol. The number of anilines is 1. The Labute approximate surface area is 142 Å². The van der Waals surface area contributed by atoms with Gasteiger partial charge in [-0.25, -0.2) is 4.98 Å². The highest BCUT2D eigenvalue weighted by Crippen LogP contribution is 2.31. The first-order valence-electron chi connectivity index (χ1n) is 7.56. The first kappa shape index (κ1) is 14.9. The number of aliphatic hydroxyl groups excluding tert-OH is 1. The highest BCUT2D eigenvalue weighted by Gasteiger charge is 2.10. The minimum Gasteiger partial charge on any atom is -0.457 e. The van der Waals surface area contributed by atoms with Crippen molar-refractivity contribution in [2.24, 2.45) is 0 Å². The predicted octanol–water partition coefficient (Wildman–Crippen LogP) is 4.06. The average Bonchev–Trinajstić information content (AvgIpc) is 3.26. The van der Waals surface area contributed by atoms with Crippen molar-refractivity contribution >= 4 is 27.2 Å². The summed E-state index contributed by atoms with van der Waals surface area (Å²) < 4.78 is 7.04. The van der Waals surface area contributed by atoms with Crippen molar-refractivity contribution in [2.75, 3.05) is 5.32 Å². The van der Waals surface area contributed by atoms with Crippen LogP contribution in [-0.4, -0.2) is 15.1 Å². The number of thiazole rings is 1. The Balaban J connectivity index is 1.52. The number of hydrogen-bond donors (Lipinski definition) is 2. The van der Waals surface area contributed by atoms with Crippen LogP contribution in [0, 0.1) is 0 Å². The van der Waals surface area contributed by atoms with Crippen molar-refractivity contribution in [3.05, 3.63) is 66.2 Å². The molecule has 0 aliphatic carbocycles. The molecule has 0 spiro atoms. The van der Waals surface area contributed by atoms with Gasteiger partial charge in [0.15, 0.2) is 10.8 Å². The summed E-state index contributed by atoms with van der Waals surface area (Å²) >= 11 is 1.62. The maximum Gasteiger partial charge on any atom is 0.163 e. The second-order valence-corrected chi connectivity index (χ2v) is 6.33. The van der Waals surface area contributed by atoms with Crippen LogP contribution in [0.2, 0.25) is 0 Å². The van der Waals surface area contributed by atoms with Gasteiger partial charge in [-0.05, 0) is 30.3 Å². The highest BCUT2D eigenvalue weighted by molar-refractivity contribution is 7.21. The fourth-order valence-electron chi connectivity index (χ4n) is 2.47. The molecular weight excluding hydrogens is 322 g/mol. The standard InChI is InChI=1S/C18H15N3O2S/c22-11-12-7-8-19-10-15(12)20-9-13-5-6-16(23-13)18-21-14-3-1-2-4-17(14)24-18/h1-8,10,20,22H,9,11H2. The Morgan fingerprint density at radius 2 is 2.04 bits per heavy atom. The summed E-state index contributed by atoms with van der Waals surface area (Å²) in [5.74, 6) is 1.57. The molecule has 0 saturated heterocycles. The van der Waals surface area contributed by atoms with E-state index >= 15 is 0 Å². The lowest BCUT2D eigenvalue weighted by Gasteiger charge is -2.08. The largest absolute Gasteiger partial charge is 0.457 e. The number of benzene rings is 1. The molecule has 0 atom stereocenters. The lowest BCUT2D eigenvalue weighted by atomic mass is 10.2. The van der Waals surface area contributed by atoms with Gasteiger partial charge in [-0.2, -0.15) is 0 Å². The number of pyridine rings is 1. The fraction of sp³-hybridized carbons (Fsp3) is 0.111. The van der Waals surface area contributed by atoms with Gasteiger partial charge < -0.3 is 14.8 Å². The minimum atomic E-state index is -0.0278. The number of aliphatic hydroxyl groups is 1. The Bertz CT molecular complexity index is 944. The Morgan fingerprint density at radius 1 is 1.12 bits per heavy atom. The monoisotopic (exact) mass is 337 g/mol. The Hall–Kier alpha value is -2.70. The van der Waals surface area contributed by atoms with Crippen molar-refractivity contribution in [3.8, 4) is 10.8 Å². The first-order valence-corrected chi connectivity index (χ1v) is 8.37. The van der Waals surface area contributed by atoms with E-state index < -0.39 is 0 Å². The molecule has 0 saturated carbocycles. The van der Waals surface area contributed by atoms with Crippen molar-refractivity contribution < 1.29 is 9.52 Å². The molecule has 0 fully saturated rings. The van der Waals surface area contributed by atoms with Gasteiger partial charge in [-0.1, -0.05) is 12.1 Å². The Kier molecular flexibility index (Phi) is 3.98. The minimum absolute atomic E-state index is 0.0278. The van der Waals surface area contributed by atoms with E-state index in [0.29, 0.717) is 6.54 Å². The van der Waals surface area contributed by atoms with Crippen molar-refractivity contribution in [1.29, 1.82) is 0 Å². The van der Waals surface area contributed by atoms with Gasteiger partial charge in [-0.15, -0.1) is 11.3 Å². The van der Waals surface area contributed by atoms with Gasteiger partial charge in [0, 0.05) is 11.8 Å². The summed E-state index contributed by atoms with van der Waals surface area (Å²) in [6.45, 7) is 0.490. The SMILES string of the molecule is OCc1ccncc1NCc1ccc(-c2nc3ccccc3s2)o1. The number of nitrogens with one attached hydrogen (secondary N) is 1. The molecule has 0 unspecified atom stereocenters. The summed E-state index contributed by atoms with van der Waals surface area (Å²) in [5.41, 5.74) is 2.59. The van der Waals surface area contributed by atoms with E-state index in [1.165, 1.54) is 0 Å². The summed E-state index contributed by atoms with van der Waals surface area (Å²) in [4.78, 5) is 8.67. The summed E-state index contributed by atoms with van der Waals surface area (Å²) in [6, 6.07) is 13.7. The number of hydrogen-bond acceptors (Lipinski definition) is 6. The van der Waals surface area contributed by atoms with Crippen LogP contribution in [0.5, 0.6) is 0 Å². The Morgan fingerprint density at radius 3 is 2.92 bits per heavy atom. The summed E-state index contributed by atoms with van der Waals surface area (Å²) in [6.07, 6.45) is 3.36. The molecule has 3 aromatic heterocycles. The predicted molar refractivity (Wildman–Crippen MR) is 94.8 cm³/mol. The molecular formula is C18H15N3O2S. The van der Waals surface area contributed by atoms with E-state index in [-0.39, 0.29) is 6.61 Å². The zero-order valence-corrected chi connectivity index (χ0v) is 13.6. The zero-order chi connectivity index (χ0) is 16.4. The molecule has 2 N–H and O–H groups in total. The molecule has 1 aromatic carbocycles. The number of para-hydroxylation sites is 1. The molecule has 24 heavy (non-hydrogen) atoms. The van der Waals surface area contributed by atoms with Crippen LogP contribution in [0.3, 0.4) is 0 Å². The number of fused-ring (bicyclic) bond motifs is 1. The molecule has 4 aromatic rings. The van der Waals surface area contributed by atoms with Gasteiger partial charge in [0.05, 0.1) is 35.3 Å². The fourth-order valence-corrected chi connectivity index (χ4v) is 3.40. The van der Waals surface area contributed by atoms with E-state index in [1.807, 2.05) is 30.3 Å². The van der Waals surface area contributed by atoms with E-state index in [2.05, 4.69) is 21.4 Å². The number of nitrogens with zero attached hydrogens (tertiary/aromatic N) is 2. The second-order valence-electron chi connectivity index (χ2n) is 5.30.